The van der Waals surface area contributed by atoms with E-state index in [1.807, 2.05) is 30.3 Å². The predicted molar refractivity (Wildman–Crippen MR) is 94.5 cm³/mol. The zero-order valence-corrected chi connectivity index (χ0v) is 14.0. The van der Waals surface area contributed by atoms with Crippen LogP contribution in [-0.4, -0.2) is 22.4 Å². The summed E-state index contributed by atoms with van der Waals surface area (Å²) in [5, 5.41) is 3.13. The Kier molecular flexibility index (Phi) is 5.94. The van der Waals surface area contributed by atoms with Gasteiger partial charge >= 0.3 is 0 Å². The predicted octanol–water partition coefficient (Wildman–Crippen LogP) is 3.50. The average molecular weight is 323 g/mol. The Balaban J connectivity index is 1.64. The van der Waals surface area contributed by atoms with Gasteiger partial charge in [0, 0.05) is 37.3 Å². The van der Waals surface area contributed by atoms with Crippen molar-refractivity contribution < 1.29 is 4.79 Å². The van der Waals surface area contributed by atoms with Crippen molar-refractivity contribution in [1.29, 1.82) is 0 Å². The molecule has 4 heteroatoms. The largest absolute Gasteiger partial charge is 0.355 e. The number of nitrogens with one attached hydrogen (secondary N) is 1. The molecule has 0 radical (unpaired) electrons. The van der Waals surface area contributed by atoms with Gasteiger partial charge in [-0.25, -0.2) is 0 Å². The number of hydrogen-bond acceptors (Lipinski definition) is 3. The minimum Gasteiger partial charge on any atom is -0.355 e. The molecule has 1 amide bonds. The Morgan fingerprint density at radius 1 is 1.08 bits per heavy atom. The number of carbonyl (C=O) groups excluding carboxylic acids is 1. The van der Waals surface area contributed by atoms with Crippen LogP contribution >= 0.6 is 0 Å². The lowest BCUT2D eigenvalue weighted by molar-refractivity contribution is -0.124. The lowest BCUT2D eigenvalue weighted by atomic mass is 9.76. The fourth-order valence-corrected chi connectivity index (χ4v) is 3.65. The fourth-order valence-electron chi connectivity index (χ4n) is 3.65. The van der Waals surface area contributed by atoms with E-state index in [0.717, 1.165) is 30.5 Å². The molecule has 2 heterocycles. The number of rotatable bonds is 6. The van der Waals surface area contributed by atoms with Crippen LogP contribution in [0.1, 0.15) is 49.3 Å². The van der Waals surface area contributed by atoms with Crippen LogP contribution in [0.4, 0.5) is 0 Å². The molecule has 1 atom stereocenters. The summed E-state index contributed by atoms with van der Waals surface area (Å²) in [5.41, 5.74) is 2.10. The number of aromatic nitrogens is 2. The number of amides is 1. The average Bonchev–Trinajstić information content (AvgIpc) is 2.65. The number of pyridine rings is 2. The summed E-state index contributed by atoms with van der Waals surface area (Å²) in [4.78, 5) is 21.3. The van der Waals surface area contributed by atoms with Crippen LogP contribution in [0.25, 0.3) is 0 Å². The van der Waals surface area contributed by atoms with Gasteiger partial charge in [0.1, 0.15) is 0 Å². The molecule has 126 valence electrons. The first kappa shape index (κ1) is 16.6. The van der Waals surface area contributed by atoms with Crippen molar-refractivity contribution >= 4 is 5.91 Å². The van der Waals surface area contributed by atoms with Crippen molar-refractivity contribution in [2.24, 2.45) is 5.92 Å². The standard InChI is InChI=1S/C20H25N3O/c24-20(23-15-11-18-8-4-5-12-22-18)19(16-6-2-1-3-7-16)17-9-13-21-14-10-17/h4-5,8-10,12-14,16,19H,1-3,6-7,11,15H2,(H,23,24). The molecular formula is C20H25N3O. The van der Waals surface area contributed by atoms with Crippen LogP contribution in [0.3, 0.4) is 0 Å². The molecule has 1 unspecified atom stereocenters. The van der Waals surface area contributed by atoms with Crippen LogP contribution in [0.2, 0.25) is 0 Å². The van der Waals surface area contributed by atoms with E-state index < -0.39 is 0 Å². The van der Waals surface area contributed by atoms with Crippen molar-refractivity contribution in [3.63, 3.8) is 0 Å². The van der Waals surface area contributed by atoms with Crippen molar-refractivity contribution in [2.45, 2.75) is 44.4 Å². The Bertz CT molecular complexity index is 624. The number of carbonyl (C=O) groups is 1. The smallest absolute Gasteiger partial charge is 0.227 e. The highest BCUT2D eigenvalue weighted by molar-refractivity contribution is 5.84. The van der Waals surface area contributed by atoms with E-state index in [1.165, 1.54) is 19.3 Å². The third kappa shape index (κ3) is 4.40. The minimum absolute atomic E-state index is 0.0583. The van der Waals surface area contributed by atoms with Gasteiger partial charge in [0.25, 0.3) is 0 Å². The van der Waals surface area contributed by atoms with E-state index in [9.17, 15) is 4.79 Å². The SMILES string of the molecule is O=C(NCCc1ccccn1)C(c1ccncc1)C1CCCCC1. The second-order valence-electron chi connectivity index (χ2n) is 6.52. The summed E-state index contributed by atoms with van der Waals surface area (Å²) in [7, 11) is 0. The highest BCUT2D eigenvalue weighted by Gasteiger charge is 2.30. The summed E-state index contributed by atoms with van der Waals surface area (Å²) < 4.78 is 0. The Hall–Kier alpha value is -2.23. The van der Waals surface area contributed by atoms with E-state index in [4.69, 9.17) is 0 Å². The maximum Gasteiger partial charge on any atom is 0.227 e. The monoisotopic (exact) mass is 323 g/mol. The second-order valence-corrected chi connectivity index (χ2v) is 6.52. The number of hydrogen-bond donors (Lipinski definition) is 1. The maximum absolute atomic E-state index is 12.9. The van der Waals surface area contributed by atoms with Gasteiger partial charge in [-0.3, -0.25) is 14.8 Å². The van der Waals surface area contributed by atoms with Gasteiger partial charge in [0.05, 0.1) is 5.92 Å². The first-order chi connectivity index (χ1) is 11.8. The summed E-state index contributed by atoms with van der Waals surface area (Å²) in [5.74, 6) is 0.525. The van der Waals surface area contributed by atoms with Crippen LogP contribution in [-0.2, 0) is 11.2 Å². The van der Waals surface area contributed by atoms with Gasteiger partial charge in [0.2, 0.25) is 5.91 Å². The molecule has 1 aliphatic carbocycles. The van der Waals surface area contributed by atoms with Gasteiger partial charge < -0.3 is 5.32 Å². The summed E-state index contributed by atoms with van der Waals surface area (Å²) in [6.45, 7) is 0.629. The molecule has 1 saturated carbocycles. The van der Waals surface area contributed by atoms with Gasteiger partial charge in [-0.15, -0.1) is 0 Å². The molecule has 0 aliphatic heterocycles. The van der Waals surface area contributed by atoms with Gasteiger partial charge in [-0.1, -0.05) is 25.3 Å². The highest BCUT2D eigenvalue weighted by atomic mass is 16.1. The molecule has 24 heavy (non-hydrogen) atoms. The van der Waals surface area contributed by atoms with E-state index >= 15 is 0 Å². The first-order valence-corrected chi connectivity index (χ1v) is 8.92. The van der Waals surface area contributed by atoms with Crippen molar-refractivity contribution in [1.82, 2.24) is 15.3 Å². The lowest BCUT2D eigenvalue weighted by Gasteiger charge is -2.29. The van der Waals surface area contributed by atoms with Crippen LogP contribution in [0, 0.1) is 5.92 Å². The normalized spacial score (nSPS) is 16.5. The van der Waals surface area contributed by atoms with E-state index in [-0.39, 0.29) is 11.8 Å². The highest BCUT2D eigenvalue weighted by Crippen LogP contribution is 2.36. The van der Waals surface area contributed by atoms with Gasteiger partial charge in [-0.05, 0) is 48.6 Å². The van der Waals surface area contributed by atoms with Crippen molar-refractivity contribution in [2.75, 3.05) is 6.54 Å². The lowest BCUT2D eigenvalue weighted by Crippen LogP contribution is -2.35. The van der Waals surface area contributed by atoms with Crippen molar-refractivity contribution in [3.05, 3.63) is 60.2 Å². The topological polar surface area (TPSA) is 54.9 Å². The van der Waals surface area contributed by atoms with Crippen LogP contribution in [0.5, 0.6) is 0 Å². The first-order valence-electron chi connectivity index (χ1n) is 8.92. The third-order valence-electron chi connectivity index (χ3n) is 4.88. The molecule has 2 aromatic heterocycles. The molecule has 0 saturated heterocycles. The maximum atomic E-state index is 12.9. The number of nitrogens with zero attached hydrogens (tertiary/aromatic N) is 2. The summed E-state index contributed by atoms with van der Waals surface area (Å²) in [6, 6.07) is 9.85. The molecule has 1 aliphatic rings. The molecule has 1 fully saturated rings. The zero-order valence-electron chi connectivity index (χ0n) is 14.0. The molecule has 0 aromatic carbocycles. The fraction of sp³-hybridized carbons (Fsp3) is 0.450. The Labute approximate surface area is 143 Å². The van der Waals surface area contributed by atoms with Crippen LogP contribution in [0.15, 0.2) is 48.9 Å². The molecule has 2 aromatic rings. The van der Waals surface area contributed by atoms with Crippen molar-refractivity contribution in [3.8, 4) is 0 Å². The summed E-state index contributed by atoms with van der Waals surface area (Å²) >= 11 is 0. The minimum atomic E-state index is -0.0583. The molecule has 1 N–H and O–H groups in total. The Morgan fingerprint density at radius 3 is 2.58 bits per heavy atom. The molecule has 0 bridgehead atoms. The van der Waals surface area contributed by atoms with E-state index in [1.54, 1.807) is 18.6 Å². The summed E-state index contributed by atoms with van der Waals surface area (Å²) in [6.07, 6.45) is 12.2. The van der Waals surface area contributed by atoms with Crippen LogP contribution < -0.4 is 5.32 Å². The second kappa shape index (κ2) is 8.57. The molecule has 3 rings (SSSR count). The zero-order chi connectivity index (χ0) is 16.6. The molecule has 4 nitrogen and oxygen atoms in total. The van der Waals surface area contributed by atoms with Gasteiger partial charge in [-0.2, -0.15) is 0 Å². The van der Waals surface area contributed by atoms with E-state index in [0.29, 0.717) is 12.5 Å². The third-order valence-corrected chi connectivity index (χ3v) is 4.88. The molecule has 0 spiro atoms. The van der Waals surface area contributed by atoms with E-state index in [2.05, 4.69) is 15.3 Å². The quantitative estimate of drug-likeness (QED) is 0.885. The molecular weight excluding hydrogens is 298 g/mol. The Morgan fingerprint density at radius 2 is 1.88 bits per heavy atom. The van der Waals surface area contributed by atoms with Gasteiger partial charge in [0.15, 0.2) is 0 Å².